The predicted molar refractivity (Wildman–Crippen MR) is 77.7 cm³/mol. The number of benzene rings is 1. The molecule has 116 valence electrons. The van der Waals surface area contributed by atoms with Gasteiger partial charge < -0.3 is 15.7 Å². The van der Waals surface area contributed by atoms with Crippen LogP contribution in [-0.4, -0.2) is 29.7 Å². The van der Waals surface area contributed by atoms with E-state index in [4.69, 9.17) is 5.11 Å². The van der Waals surface area contributed by atoms with Gasteiger partial charge in [0.2, 0.25) is 0 Å². The minimum absolute atomic E-state index is 0.286. The van der Waals surface area contributed by atoms with Gasteiger partial charge in [-0.25, -0.2) is 14.0 Å². The number of hydrogen-bond donors (Lipinski definition) is 3. The van der Waals surface area contributed by atoms with Crippen LogP contribution < -0.4 is 10.6 Å². The van der Waals surface area contributed by atoms with Crippen molar-refractivity contribution in [2.24, 2.45) is 0 Å². The molecule has 5 nitrogen and oxygen atoms in total. The van der Waals surface area contributed by atoms with Gasteiger partial charge in [0, 0.05) is 6.54 Å². The molecule has 0 aliphatic carbocycles. The Kier molecular flexibility index (Phi) is 6.65. The maximum atomic E-state index is 13.0. The highest BCUT2D eigenvalue weighted by molar-refractivity contribution is 5.82. The second-order valence-corrected chi connectivity index (χ2v) is 4.90. The van der Waals surface area contributed by atoms with E-state index in [-0.39, 0.29) is 5.82 Å². The average Bonchev–Trinajstić information content (AvgIpc) is 2.40. The molecule has 0 fully saturated rings. The first-order valence-electron chi connectivity index (χ1n) is 6.96. The second-order valence-electron chi connectivity index (χ2n) is 4.90. The topological polar surface area (TPSA) is 78.4 Å². The molecule has 1 aromatic rings. The van der Waals surface area contributed by atoms with Gasteiger partial charge in [-0.1, -0.05) is 19.4 Å². The molecular formula is C15H21FN2O3. The Morgan fingerprint density at radius 1 is 1.38 bits per heavy atom. The van der Waals surface area contributed by atoms with E-state index in [1.807, 2.05) is 6.92 Å². The summed E-state index contributed by atoms with van der Waals surface area (Å²) >= 11 is 0. The molecule has 0 unspecified atom stereocenters. The molecule has 0 radical (unpaired) electrons. The average molecular weight is 296 g/mol. The van der Waals surface area contributed by atoms with E-state index in [1.165, 1.54) is 12.1 Å². The number of rotatable bonds is 7. The zero-order valence-corrected chi connectivity index (χ0v) is 12.3. The quantitative estimate of drug-likeness (QED) is 0.722. The van der Waals surface area contributed by atoms with Crippen LogP contribution in [0.3, 0.4) is 0 Å². The molecule has 2 amide bonds. The molecule has 3 N–H and O–H groups in total. The van der Waals surface area contributed by atoms with Crippen LogP contribution in [0.2, 0.25) is 0 Å². The Morgan fingerprint density at radius 2 is 2.10 bits per heavy atom. The van der Waals surface area contributed by atoms with Crippen LogP contribution in [0.4, 0.5) is 9.18 Å². The summed E-state index contributed by atoms with van der Waals surface area (Å²) < 4.78 is 13.0. The van der Waals surface area contributed by atoms with Crippen molar-refractivity contribution >= 4 is 12.0 Å². The molecular weight excluding hydrogens is 275 g/mol. The van der Waals surface area contributed by atoms with Crippen molar-refractivity contribution in [2.75, 3.05) is 6.54 Å². The normalized spacial score (nSPS) is 11.8. The summed E-state index contributed by atoms with van der Waals surface area (Å²) in [5.74, 6) is -1.33. The van der Waals surface area contributed by atoms with Crippen LogP contribution in [0.15, 0.2) is 18.2 Å². The van der Waals surface area contributed by atoms with E-state index >= 15 is 0 Å². The standard InChI is InChI=1S/C15H21FN2O3/c1-3-4-13(14(19)20)18-15(21)17-8-7-11-5-6-12(16)9-10(11)2/h5-6,9,13H,3-4,7-8H2,1-2H3,(H,19,20)(H2,17,18,21)/t13-/m1/s1. The molecule has 1 atom stereocenters. The third-order valence-corrected chi connectivity index (χ3v) is 3.17. The minimum atomic E-state index is -1.04. The summed E-state index contributed by atoms with van der Waals surface area (Å²) in [5, 5.41) is 14.0. The van der Waals surface area contributed by atoms with Crippen molar-refractivity contribution in [1.82, 2.24) is 10.6 Å². The fourth-order valence-corrected chi connectivity index (χ4v) is 2.01. The Balaban J connectivity index is 2.41. The van der Waals surface area contributed by atoms with E-state index in [9.17, 15) is 14.0 Å². The molecule has 0 spiro atoms. The number of aryl methyl sites for hydroxylation is 1. The van der Waals surface area contributed by atoms with Crippen molar-refractivity contribution in [3.63, 3.8) is 0 Å². The van der Waals surface area contributed by atoms with Gasteiger partial charge in [-0.2, -0.15) is 0 Å². The van der Waals surface area contributed by atoms with E-state index in [1.54, 1.807) is 13.0 Å². The van der Waals surface area contributed by atoms with Crippen molar-refractivity contribution in [2.45, 2.75) is 39.2 Å². The van der Waals surface area contributed by atoms with E-state index < -0.39 is 18.0 Å². The second kappa shape index (κ2) is 8.24. The zero-order chi connectivity index (χ0) is 15.8. The van der Waals surface area contributed by atoms with Gasteiger partial charge >= 0.3 is 12.0 Å². The fourth-order valence-electron chi connectivity index (χ4n) is 2.01. The first-order valence-corrected chi connectivity index (χ1v) is 6.96. The molecule has 6 heteroatoms. The lowest BCUT2D eigenvalue weighted by Crippen LogP contribution is -2.46. The number of aliphatic carboxylic acids is 1. The molecule has 0 saturated carbocycles. The van der Waals surface area contributed by atoms with E-state index in [2.05, 4.69) is 10.6 Å². The lowest BCUT2D eigenvalue weighted by atomic mass is 10.1. The van der Waals surface area contributed by atoms with Crippen LogP contribution in [0.5, 0.6) is 0 Å². The fraction of sp³-hybridized carbons (Fsp3) is 0.467. The van der Waals surface area contributed by atoms with Crippen LogP contribution in [-0.2, 0) is 11.2 Å². The van der Waals surface area contributed by atoms with Gasteiger partial charge in [0.15, 0.2) is 0 Å². The number of carboxylic acid groups (broad SMARTS) is 1. The number of halogens is 1. The van der Waals surface area contributed by atoms with Crippen molar-refractivity contribution in [1.29, 1.82) is 0 Å². The zero-order valence-electron chi connectivity index (χ0n) is 12.3. The SMILES string of the molecule is CCC[C@@H](NC(=O)NCCc1ccc(F)cc1C)C(=O)O. The molecule has 21 heavy (non-hydrogen) atoms. The molecule has 1 rings (SSSR count). The summed E-state index contributed by atoms with van der Waals surface area (Å²) in [6.07, 6.45) is 1.62. The first kappa shape index (κ1) is 16.9. The van der Waals surface area contributed by atoms with Gasteiger partial charge in [-0.3, -0.25) is 0 Å². The maximum absolute atomic E-state index is 13.0. The Hall–Kier alpha value is -2.11. The molecule has 1 aromatic carbocycles. The van der Waals surface area contributed by atoms with E-state index in [0.29, 0.717) is 25.8 Å². The molecule has 0 saturated heterocycles. The highest BCUT2D eigenvalue weighted by atomic mass is 19.1. The van der Waals surface area contributed by atoms with Crippen LogP contribution in [0.25, 0.3) is 0 Å². The lowest BCUT2D eigenvalue weighted by molar-refractivity contribution is -0.139. The van der Waals surface area contributed by atoms with Gasteiger partial charge in [0.05, 0.1) is 0 Å². The van der Waals surface area contributed by atoms with Crippen LogP contribution in [0.1, 0.15) is 30.9 Å². The van der Waals surface area contributed by atoms with Crippen LogP contribution in [0, 0.1) is 12.7 Å². The predicted octanol–water partition coefficient (Wildman–Crippen LogP) is 2.23. The number of urea groups is 1. The van der Waals surface area contributed by atoms with Crippen molar-refractivity contribution in [3.05, 3.63) is 35.1 Å². The summed E-state index contributed by atoms with van der Waals surface area (Å²) in [6.45, 7) is 4.02. The first-order chi connectivity index (χ1) is 9.93. The van der Waals surface area contributed by atoms with Crippen molar-refractivity contribution < 1.29 is 19.1 Å². The monoisotopic (exact) mass is 296 g/mol. The van der Waals surface area contributed by atoms with Gasteiger partial charge in [-0.15, -0.1) is 0 Å². The number of nitrogens with one attached hydrogen (secondary N) is 2. The summed E-state index contributed by atoms with van der Waals surface area (Å²) in [6, 6.07) is 3.13. The molecule has 0 aromatic heterocycles. The third kappa shape index (κ3) is 5.81. The Morgan fingerprint density at radius 3 is 2.67 bits per heavy atom. The third-order valence-electron chi connectivity index (χ3n) is 3.17. The summed E-state index contributed by atoms with van der Waals surface area (Å²) in [4.78, 5) is 22.5. The number of amides is 2. The molecule has 0 aliphatic heterocycles. The van der Waals surface area contributed by atoms with E-state index in [0.717, 1.165) is 11.1 Å². The number of carbonyl (C=O) groups excluding carboxylic acids is 1. The lowest BCUT2D eigenvalue weighted by Gasteiger charge is -2.14. The largest absolute Gasteiger partial charge is 0.480 e. The highest BCUT2D eigenvalue weighted by Crippen LogP contribution is 2.10. The van der Waals surface area contributed by atoms with Crippen LogP contribution >= 0.6 is 0 Å². The maximum Gasteiger partial charge on any atom is 0.326 e. The van der Waals surface area contributed by atoms with Gasteiger partial charge in [-0.05, 0) is 43.0 Å². The Labute approximate surface area is 123 Å². The molecule has 0 aliphatic rings. The Bertz CT molecular complexity index is 506. The van der Waals surface area contributed by atoms with Gasteiger partial charge in [0.1, 0.15) is 11.9 Å². The van der Waals surface area contributed by atoms with Gasteiger partial charge in [0.25, 0.3) is 0 Å². The molecule has 0 heterocycles. The number of hydrogen-bond acceptors (Lipinski definition) is 2. The van der Waals surface area contributed by atoms with Crippen molar-refractivity contribution in [3.8, 4) is 0 Å². The number of carbonyl (C=O) groups is 2. The molecule has 0 bridgehead atoms. The number of carboxylic acids is 1. The summed E-state index contributed by atoms with van der Waals surface area (Å²) in [7, 11) is 0. The smallest absolute Gasteiger partial charge is 0.326 e. The summed E-state index contributed by atoms with van der Waals surface area (Å²) in [5.41, 5.74) is 1.77. The minimum Gasteiger partial charge on any atom is -0.480 e. The highest BCUT2D eigenvalue weighted by Gasteiger charge is 2.18.